The number of benzene rings is 1. The van der Waals surface area contributed by atoms with Gasteiger partial charge < -0.3 is 20.3 Å². The lowest BCUT2D eigenvalue weighted by atomic mass is 10.0. The number of aliphatic hydroxyl groups is 1. The van der Waals surface area contributed by atoms with Crippen LogP contribution >= 0.6 is 0 Å². The van der Waals surface area contributed by atoms with E-state index in [4.69, 9.17) is 15.2 Å². The van der Waals surface area contributed by atoms with Crippen LogP contribution in [0.15, 0.2) is 12.1 Å². The number of ether oxygens (including phenoxy) is 2. The van der Waals surface area contributed by atoms with Crippen molar-refractivity contribution in [2.24, 2.45) is 5.73 Å². The van der Waals surface area contributed by atoms with Crippen LogP contribution in [0.2, 0.25) is 0 Å². The van der Waals surface area contributed by atoms with Crippen LogP contribution in [-0.4, -0.2) is 24.4 Å². The van der Waals surface area contributed by atoms with E-state index in [0.717, 1.165) is 0 Å². The van der Waals surface area contributed by atoms with Crippen LogP contribution < -0.4 is 15.2 Å². The predicted octanol–water partition coefficient (Wildman–Crippen LogP) is 0.978. The summed E-state index contributed by atoms with van der Waals surface area (Å²) in [6, 6.07) is 2.12. The number of aliphatic hydroxyl groups excluding tert-OH is 1. The first kappa shape index (κ1) is 11.2. The monoisotopic (exact) mass is 227 g/mol. The second-order valence-electron chi connectivity index (χ2n) is 3.82. The van der Waals surface area contributed by atoms with Gasteiger partial charge in [0.15, 0.2) is 11.5 Å². The van der Waals surface area contributed by atoms with Crippen LogP contribution in [0.5, 0.6) is 11.5 Å². The summed E-state index contributed by atoms with van der Waals surface area (Å²) in [6.07, 6.45) is -1.05. The molecule has 2 unspecified atom stereocenters. The molecule has 0 bridgehead atoms. The molecule has 0 fully saturated rings. The van der Waals surface area contributed by atoms with Crippen molar-refractivity contribution in [1.82, 2.24) is 0 Å². The lowest BCUT2D eigenvalue weighted by Crippen LogP contribution is -2.25. The summed E-state index contributed by atoms with van der Waals surface area (Å²) in [5.74, 6) is 0.278. The van der Waals surface area contributed by atoms with E-state index < -0.39 is 18.0 Å². The largest absolute Gasteiger partial charge is 0.486 e. The highest BCUT2D eigenvalue weighted by Gasteiger charge is 2.22. The number of hydrogen-bond donors (Lipinski definition) is 2. The SMILES string of the molecule is CC(N)C(O)c1cc2c(cc1F)OCCO2. The molecule has 1 heterocycles. The minimum Gasteiger partial charge on any atom is -0.486 e. The molecule has 0 radical (unpaired) electrons. The fourth-order valence-electron chi connectivity index (χ4n) is 1.59. The Bertz CT molecular complexity index is 395. The molecule has 1 aromatic rings. The first-order chi connectivity index (χ1) is 7.59. The zero-order chi connectivity index (χ0) is 11.7. The van der Waals surface area contributed by atoms with E-state index in [1.54, 1.807) is 6.92 Å². The highest BCUT2D eigenvalue weighted by molar-refractivity contribution is 5.45. The molecular formula is C11H14FNO3. The van der Waals surface area contributed by atoms with Crippen molar-refractivity contribution < 1.29 is 19.0 Å². The van der Waals surface area contributed by atoms with E-state index in [0.29, 0.717) is 24.7 Å². The third kappa shape index (κ3) is 1.96. The quantitative estimate of drug-likeness (QED) is 0.790. The molecule has 0 saturated heterocycles. The number of nitrogens with two attached hydrogens (primary N) is 1. The molecule has 2 rings (SSSR count). The smallest absolute Gasteiger partial charge is 0.164 e. The molecule has 4 nitrogen and oxygen atoms in total. The van der Waals surface area contributed by atoms with E-state index >= 15 is 0 Å². The van der Waals surface area contributed by atoms with Crippen molar-refractivity contribution in [3.63, 3.8) is 0 Å². The number of hydrogen-bond acceptors (Lipinski definition) is 4. The standard InChI is InChI=1S/C11H14FNO3/c1-6(13)11(14)7-4-9-10(5-8(7)12)16-3-2-15-9/h4-6,11,14H,2-3,13H2,1H3. The van der Waals surface area contributed by atoms with Gasteiger partial charge in [-0.15, -0.1) is 0 Å². The molecule has 16 heavy (non-hydrogen) atoms. The van der Waals surface area contributed by atoms with Gasteiger partial charge in [-0.05, 0) is 13.0 Å². The lowest BCUT2D eigenvalue weighted by Gasteiger charge is -2.22. The average molecular weight is 227 g/mol. The Kier molecular flexibility index (Phi) is 2.98. The van der Waals surface area contributed by atoms with Gasteiger partial charge in [0.1, 0.15) is 19.0 Å². The first-order valence-corrected chi connectivity index (χ1v) is 5.12. The Balaban J connectivity index is 2.39. The molecule has 1 aromatic carbocycles. The number of halogens is 1. The Morgan fingerprint density at radius 3 is 2.44 bits per heavy atom. The Hall–Kier alpha value is -1.33. The van der Waals surface area contributed by atoms with Crippen LogP contribution in [0.1, 0.15) is 18.6 Å². The summed E-state index contributed by atoms with van der Waals surface area (Å²) in [5, 5.41) is 9.72. The summed E-state index contributed by atoms with van der Waals surface area (Å²) in [4.78, 5) is 0. The van der Waals surface area contributed by atoms with Crippen molar-refractivity contribution in [1.29, 1.82) is 0 Å². The molecule has 3 N–H and O–H groups in total. The molecular weight excluding hydrogens is 213 g/mol. The Labute approximate surface area is 92.8 Å². The third-order valence-electron chi connectivity index (χ3n) is 2.48. The van der Waals surface area contributed by atoms with Crippen molar-refractivity contribution >= 4 is 0 Å². The van der Waals surface area contributed by atoms with Crippen LogP contribution in [0.25, 0.3) is 0 Å². The topological polar surface area (TPSA) is 64.7 Å². The van der Waals surface area contributed by atoms with Crippen LogP contribution in [0, 0.1) is 5.82 Å². The molecule has 88 valence electrons. The highest BCUT2D eigenvalue weighted by Crippen LogP contribution is 2.35. The van der Waals surface area contributed by atoms with Gasteiger partial charge in [-0.1, -0.05) is 0 Å². The minimum absolute atomic E-state index is 0.138. The van der Waals surface area contributed by atoms with E-state index in [2.05, 4.69) is 0 Å². The van der Waals surface area contributed by atoms with E-state index in [-0.39, 0.29) is 5.56 Å². The molecule has 1 aliphatic heterocycles. The summed E-state index contributed by atoms with van der Waals surface area (Å²) in [5.41, 5.74) is 5.66. The maximum Gasteiger partial charge on any atom is 0.164 e. The van der Waals surface area contributed by atoms with Crippen molar-refractivity contribution in [2.75, 3.05) is 13.2 Å². The maximum atomic E-state index is 13.6. The van der Waals surface area contributed by atoms with Crippen LogP contribution in [-0.2, 0) is 0 Å². The molecule has 0 spiro atoms. The zero-order valence-corrected chi connectivity index (χ0v) is 8.94. The third-order valence-corrected chi connectivity index (χ3v) is 2.48. The van der Waals surface area contributed by atoms with Gasteiger partial charge in [-0.3, -0.25) is 0 Å². The van der Waals surface area contributed by atoms with Crippen molar-refractivity contribution in [3.05, 3.63) is 23.5 Å². The molecule has 0 saturated carbocycles. The summed E-state index contributed by atoms with van der Waals surface area (Å²) >= 11 is 0. The number of rotatable bonds is 2. The molecule has 2 atom stereocenters. The van der Waals surface area contributed by atoms with E-state index in [1.165, 1.54) is 12.1 Å². The van der Waals surface area contributed by atoms with Crippen LogP contribution in [0.4, 0.5) is 4.39 Å². The van der Waals surface area contributed by atoms with Crippen molar-refractivity contribution in [2.45, 2.75) is 19.1 Å². The van der Waals surface area contributed by atoms with Crippen LogP contribution in [0.3, 0.4) is 0 Å². The van der Waals surface area contributed by atoms with E-state index in [9.17, 15) is 9.50 Å². The number of fused-ring (bicyclic) bond motifs is 1. The van der Waals surface area contributed by atoms with Gasteiger partial charge in [-0.2, -0.15) is 0 Å². The van der Waals surface area contributed by atoms with Gasteiger partial charge in [0.25, 0.3) is 0 Å². The maximum absolute atomic E-state index is 13.6. The first-order valence-electron chi connectivity index (χ1n) is 5.12. The van der Waals surface area contributed by atoms with Gasteiger partial charge in [-0.25, -0.2) is 4.39 Å². The summed E-state index contributed by atoms with van der Waals surface area (Å²) in [6.45, 7) is 2.44. The molecule has 5 heteroatoms. The lowest BCUT2D eigenvalue weighted by molar-refractivity contribution is 0.144. The van der Waals surface area contributed by atoms with Gasteiger partial charge in [0.05, 0.1) is 6.10 Å². The highest BCUT2D eigenvalue weighted by atomic mass is 19.1. The van der Waals surface area contributed by atoms with Crippen molar-refractivity contribution in [3.8, 4) is 11.5 Å². The zero-order valence-electron chi connectivity index (χ0n) is 8.94. The molecule has 0 aliphatic carbocycles. The fourth-order valence-corrected chi connectivity index (χ4v) is 1.59. The van der Waals surface area contributed by atoms with E-state index in [1.807, 2.05) is 0 Å². The van der Waals surface area contributed by atoms with Gasteiger partial charge in [0, 0.05) is 17.7 Å². The molecule has 1 aliphatic rings. The Morgan fingerprint density at radius 2 is 1.88 bits per heavy atom. The normalized spacial score (nSPS) is 18.0. The average Bonchev–Trinajstić information content (AvgIpc) is 2.27. The summed E-state index contributed by atoms with van der Waals surface area (Å²) < 4.78 is 24.2. The molecule has 0 aromatic heterocycles. The second kappa shape index (κ2) is 4.27. The molecule has 0 amide bonds. The fraction of sp³-hybridized carbons (Fsp3) is 0.455. The predicted molar refractivity (Wildman–Crippen MR) is 56.0 cm³/mol. The summed E-state index contributed by atoms with van der Waals surface area (Å²) in [7, 11) is 0. The second-order valence-corrected chi connectivity index (χ2v) is 3.82. The minimum atomic E-state index is -1.05. The Morgan fingerprint density at radius 1 is 1.31 bits per heavy atom. The van der Waals surface area contributed by atoms with Gasteiger partial charge >= 0.3 is 0 Å². The van der Waals surface area contributed by atoms with Gasteiger partial charge in [0.2, 0.25) is 0 Å².